The molecule has 2 amide bonds. The number of carbonyl (C=O) groups is 2. The van der Waals surface area contributed by atoms with Gasteiger partial charge in [-0.05, 0) is 25.5 Å². The van der Waals surface area contributed by atoms with E-state index in [1.165, 1.54) is 7.11 Å². The van der Waals surface area contributed by atoms with E-state index in [0.717, 1.165) is 0 Å². The van der Waals surface area contributed by atoms with E-state index in [-0.39, 0.29) is 6.54 Å². The van der Waals surface area contributed by atoms with Gasteiger partial charge in [0.25, 0.3) is 0 Å². The zero-order chi connectivity index (χ0) is 16.0. The standard InChI is InChI=1S/C14H19ClN2O4/c1-4-14(2,12(18)19)8-16-13(20)17-11-7-9(21-3)5-6-10(11)15/h5-7H,4,8H2,1-3H3,(H,18,19)(H2,16,17,20). The zero-order valence-electron chi connectivity index (χ0n) is 12.2. The van der Waals surface area contributed by atoms with E-state index >= 15 is 0 Å². The smallest absolute Gasteiger partial charge is 0.319 e. The second kappa shape index (κ2) is 7.17. The Labute approximate surface area is 128 Å². The lowest BCUT2D eigenvalue weighted by Crippen LogP contribution is -2.42. The highest BCUT2D eigenvalue weighted by Crippen LogP contribution is 2.26. The molecule has 0 aliphatic heterocycles. The Morgan fingerprint density at radius 3 is 2.62 bits per heavy atom. The van der Waals surface area contributed by atoms with Gasteiger partial charge in [-0.15, -0.1) is 0 Å². The van der Waals surface area contributed by atoms with Crippen LogP contribution >= 0.6 is 11.6 Å². The number of nitrogens with one attached hydrogen (secondary N) is 2. The minimum atomic E-state index is -1.00. The van der Waals surface area contributed by atoms with Gasteiger partial charge in [0, 0.05) is 12.6 Å². The van der Waals surface area contributed by atoms with Crippen LogP contribution in [0.2, 0.25) is 5.02 Å². The third kappa shape index (κ3) is 4.53. The molecule has 0 aromatic heterocycles. The molecule has 0 bridgehead atoms. The van der Waals surface area contributed by atoms with Crippen molar-refractivity contribution in [3.8, 4) is 5.75 Å². The molecule has 7 heteroatoms. The SMILES string of the molecule is CCC(C)(CNC(=O)Nc1cc(OC)ccc1Cl)C(=O)O. The second-order valence-corrected chi connectivity index (χ2v) is 5.28. The highest BCUT2D eigenvalue weighted by molar-refractivity contribution is 6.33. The number of amides is 2. The molecule has 0 aliphatic carbocycles. The van der Waals surface area contributed by atoms with Crippen LogP contribution in [-0.4, -0.2) is 30.8 Å². The van der Waals surface area contributed by atoms with Crippen LogP contribution in [0.4, 0.5) is 10.5 Å². The summed E-state index contributed by atoms with van der Waals surface area (Å²) in [5, 5.41) is 14.6. The molecular weight excluding hydrogens is 296 g/mol. The van der Waals surface area contributed by atoms with Gasteiger partial charge in [-0.25, -0.2) is 4.79 Å². The van der Waals surface area contributed by atoms with Gasteiger partial charge in [-0.2, -0.15) is 0 Å². The number of carboxylic acid groups (broad SMARTS) is 1. The van der Waals surface area contributed by atoms with Crippen molar-refractivity contribution in [3.05, 3.63) is 23.2 Å². The van der Waals surface area contributed by atoms with Crippen molar-refractivity contribution in [1.29, 1.82) is 0 Å². The summed E-state index contributed by atoms with van der Waals surface area (Å²) in [7, 11) is 1.51. The first-order chi connectivity index (χ1) is 9.82. The summed E-state index contributed by atoms with van der Waals surface area (Å²) in [4.78, 5) is 23.0. The summed E-state index contributed by atoms with van der Waals surface area (Å²) in [6, 6.07) is 4.33. The number of rotatable bonds is 6. The fourth-order valence-corrected chi connectivity index (χ4v) is 1.69. The summed E-state index contributed by atoms with van der Waals surface area (Å²) in [5.74, 6) is -0.400. The number of methoxy groups -OCH3 is 1. The van der Waals surface area contributed by atoms with Crippen LogP contribution in [0.25, 0.3) is 0 Å². The maximum Gasteiger partial charge on any atom is 0.319 e. The van der Waals surface area contributed by atoms with Gasteiger partial charge in [0.1, 0.15) is 5.75 Å². The van der Waals surface area contributed by atoms with Crippen LogP contribution in [0, 0.1) is 5.41 Å². The van der Waals surface area contributed by atoms with Crippen LogP contribution < -0.4 is 15.4 Å². The summed E-state index contributed by atoms with van der Waals surface area (Å²) in [6.45, 7) is 3.35. The monoisotopic (exact) mass is 314 g/mol. The number of halogens is 1. The number of anilines is 1. The molecule has 0 saturated heterocycles. The van der Waals surface area contributed by atoms with Gasteiger partial charge in [0.15, 0.2) is 0 Å². The van der Waals surface area contributed by atoms with Crippen LogP contribution in [0.5, 0.6) is 5.75 Å². The van der Waals surface area contributed by atoms with Crippen molar-refractivity contribution in [2.45, 2.75) is 20.3 Å². The molecule has 21 heavy (non-hydrogen) atoms. The molecule has 1 atom stereocenters. The molecule has 0 spiro atoms. The van der Waals surface area contributed by atoms with E-state index in [1.54, 1.807) is 32.0 Å². The highest BCUT2D eigenvalue weighted by atomic mass is 35.5. The summed E-state index contributed by atoms with van der Waals surface area (Å²) in [5.41, 5.74) is -0.614. The summed E-state index contributed by atoms with van der Waals surface area (Å²) >= 11 is 5.97. The van der Waals surface area contributed by atoms with Crippen LogP contribution in [0.3, 0.4) is 0 Å². The van der Waals surface area contributed by atoms with Gasteiger partial charge in [0.05, 0.1) is 23.2 Å². The molecular formula is C14H19ClN2O4. The number of carboxylic acids is 1. The lowest BCUT2D eigenvalue weighted by Gasteiger charge is -2.23. The number of hydrogen-bond acceptors (Lipinski definition) is 3. The Morgan fingerprint density at radius 2 is 2.10 bits per heavy atom. The average molecular weight is 315 g/mol. The fourth-order valence-electron chi connectivity index (χ4n) is 1.52. The Morgan fingerprint density at radius 1 is 1.43 bits per heavy atom. The maximum absolute atomic E-state index is 11.8. The van der Waals surface area contributed by atoms with Gasteiger partial charge in [-0.1, -0.05) is 18.5 Å². The number of aliphatic carboxylic acids is 1. The molecule has 1 aromatic carbocycles. The first-order valence-corrected chi connectivity index (χ1v) is 6.82. The van der Waals surface area contributed by atoms with E-state index < -0.39 is 17.4 Å². The highest BCUT2D eigenvalue weighted by Gasteiger charge is 2.31. The van der Waals surface area contributed by atoms with Crippen LogP contribution in [0.1, 0.15) is 20.3 Å². The second-order valence-electron chi connectivity index (χ2n) is 4.87. The Balaban J connectivity index is 2.68. The predicted octanol–water partition coefficient (Wildman–Crippen LogP) is 2.97. The maximum atomic E-state index is 11.8. The number of urea groups is 1. The van der Waals surface area contributed by atoms with Crippen molar-refractivity contribution < 1.29 is 19.4 Å². The third-order valence-electron chi connectivity index (χ3n) is 3.36. The largest absolute Gasteiger partial charge is 0.497 e. The molecule has 0 radical (unpaired) electrons. The first kappa shape index (κ1) is 17.1. The molecule has 1 aromatic rings. The molecule has 0 fully saturated rings. The number of benzene rings is 1. The van der Waals surface area contributed by atoms with E-state index in [0.29, 0.717) is 22.9 Å². The lowest BCUT2D eigenvalue weighted by atomic mass is 9.88. The molecule has 116 valence electrons. The number of ether oxygens (including phenoxy) is 1. The molecule has 3 N–H and O–H groups in total. The molecule has 0 aliphatic rings. The zero-order valence-corrected chi connectivity index (χ0v) is 13.0. The van der Waals surface area contributed by atoms with E-state index in [4.69, 9.17) is 21.4 Å². The number of hydrogen-bond donors (Lipinski definition) is 3. The fraction of sp³-hybridized carbons (Fsp3) is 0.429. The Bertz CT molecular complexity index is 536. The van der Waals surface area contributed by atoms with Crippen molar-refractivity contribution >= 4 is 29.3 Å². The Hall–Kier alpha value is -1.95. The van der Waals surface area contributed by atoms with Gasteiger partial charge < -0.3 is 20.5 Å². The van der Waals surface area contributed by atoms with E-state index in [2.05, 4.69) is 10.6 Å². The normalized spacial score (nSPS) is 13.1. The quantitative estimate of drug-likeness (QED) is 0.753. The van der Waals surface area contributed by atoms with Crippen molar-refractivity contribution in [2.75, 3.05) is 19.0 Å². The van der Waals surface area contributed by atoms with Gasteiger partial charge in [-0.3, -0.25) is 4.79 Å². The minimum Gasteiger partial charge on any atom is -0.497 e. The molecule has 1 unspecified atom stereocenters. The third-order valence-corrected chi connectivity index (χ3v) is 3.69. The summed E-state index contributed by atoms with van der Waals surface area (Å²) < 4.78 is 5.05. The average Bonchev–Trinajstić information content (AvgIpc) is 2.46. The number of carbonyl (C=O) groups excluding carboxylic acids is 1. The topological polar surface area (TPSA) is 87.7 Å². The predicted molar refractivity (Wildman–Crippen MR) is 81.1 cm³/mol. The summed E-state index contributed by atoms with van der Waals surface area (Å²) in [6.07, 6.45) is 0.405. The van der Waals surface area contributed by atoms with E-state index in [1.807, 2.05) is 0 Å². The van der Waals surface area contributed by atoms with E-state index in [9.17, 15) is 9.59 Å². The molecule has 1 rings (SSSR count). The molecule has 0 saturated carbocycles. The van der Waals surface area contributed by atoms with Crippen LogP contribution in [-0.2, 0) is 4.79 Å². The van der Waals surface area contributed by atoms with Crippen molar-refractivity contribution in [1.82, 2.24) is 5.32 Å². The first-order valence-electron chi connectivity index (χ1n) is 6.44. The molecule has 0 heterocycles. The van der Waals surface area contributed by atoms with Gasteiger partial charge in [0.2, 0.25) is 0 Å². The molecule has 6 nitrogen and oxygen atoms in total. The van der Waals surface area contributed by atoms with Crippen LogP contribution in [0.15, 0.2) is 18.2 Å². The van der Waals surface area contributed by atoms with Crippen molar-refractivity contribution in [2.24, 2.45) is 5.41 Å². The minimum absolute atomic E-state index is 0.0201. The lowest BCUT2D eigenvalue weighted by molar-refractivity contribution is -0.147. The van der Waals surface area contributed by atoms with Gasteiger partial charge >= 0.3 is 12.0 Å². The Kier molecular flexibility index (Phi) is 5.84. The van der Waals surface area contributed by atoms with Crippen molar-refractivity contribution in [3.63, 3.8) is 0 Å².